The van der Waals surface area contributed by atoms with E-state index in [2.05, 4.69) is 141 Å². The van der Waals surface area contributed by atoms with Gasteiger partial charge in [0.1, 0.15) is 0 Å². The summed E-state index contributed by atoms with van der Waals surface area (Å²) in [5.74, 6) is 0. The number of fused-ring (bicyclic) bond motifs is 2. The van der Waals surface area contributed by atoms with Crippen LogP contribution in [0.1, 0.15) is 133 Å². The summed E-state index contributed by atoms with van der Waals surface area (Å²) >= 11 is -3.83. The van der Waals surface area contributed by atoms with Crippen LogP contribution in [0.5, 0.6) is 0 Å². The summed E-state index contributed by atoms with van der Waals surface area (Å²) in [6, 6.07) is 33.7. The molecule has 0 saturated heterocycles. The predicted octanol–water partition coefficient (Wildman–Crippen LogP) is 14.8. The first-order chi connectivity index (χ1) is 25.0. The van der Waals surface area contributed by atoms with Crippen LogP contribution in [0.25, 0.3) is 34.4 Å². The minimum Gasteiger partial charge on any atom is -0.147 e. The summed E-state index contributed by atoms with van der Waals surface area (Å²) < 4.78 is 6.91. The number of halogens is 2. The maximum absolute atomic E-state index is 3.83. The van der Waals surface area contributed by atoms with E-state index in [4.69, 9.17) is 0 Å². The number of rotatable bonds is 14. The second kappa shape index (κ2) is 15.8. The number of aryl methyl sites for hydroxylation is 2. The average Bonchev–Trinajstić information content (AvgIpc) is 4.00. The molecule has 0 amide bonds. The number of hydrogen-bond donors (Lipinski definition) is 0. The first-order valence-corrected chi connectivity index (χ1v) is 34.6. The minimum absolute atomic E-state index is 0. The molecule has 2 saturated carbocycles. The molecule has 4 aliphatic rings. The van der Waals surface area contributed by atoms with Gasteiger partial charge in [-0.2, -0.15) is 0 Å². The number of benzene rings is 4. The van der Waals surface area contributed by atoms with E-state index < -0.39 is 17.4 Å². The SMILES string of the molecule is CCCC1(CC2=Cc3c(-c4ccc(CC)cc4)cccc3[CH]2[Zr]([CH3])([CH3])(=[SiH2])[CH]2C(CC3(CCC)CC3)=Cc3c(-c4ccc(CC)cc4)cccc32)CC1.Cl.Cl. The molecular weight excluding hydrogens is 791 g/mol. The predicted molar refractivity (Wildman–Crippen MR) is 241 cm³/mol. The topological polar surface area (TPSA) is 0 Å². The van der Waals surface area contributed by atoms with Crippen LogP contribution < -0.4 is 0 Å². The Morgan fingerprint density at radius 1 is 0.556 bits per heavy atom. The Morgan fingerprint density at radius 3 is 1.24 bits per heavy atom. The van der Waals surface area contributed by atoms with Crippen molar-refractivity contribution >= 4 is 43.8 Å². The first-order valence-electron chi connectivity index (χ1n) is 20.9. The monoisotopic (exact) mass is 852 g/mol. The van der Waals surface area contributed by atoms with Crippen LogP contribution >= 0.6 is 24.8 Å². The van der Waals surface area contributed by atoms with Gasteiger partial charge in [0.25, 0.3) is 0 Å². The van der Waals surface area contributed by atoms with Crippen molar-refractivity contribution in [2.24, 2.45) is 10.8 Å². The van der Waals surface area contributed by atoms with Crippen molar-refractivity contribution < 1.29 is 17.4 Å². The van der Waals surface area contributed by atoms with Gasteiger partial charge in [-0.1, -0.05) is 0 Å². The van der Waals surface area contributed by atoms with E-state index in [1.165, 1.54) is 109 Å². The van der Waals surface area contributed by atoms with Gasteiger partial charge in [0.15, 0.2) is 0 Å². The zero-order valence-corrected chi connectivity index (χ0v) is 39.4. The van der Waals surface area contributed by atoms with E-state index in [-0.39, 0.29) is 24.8 Å². The van der Waals surface area contributed by atoms with Gasteiger partial charge in [-0.15, -0.1) is 24.8 Å². The van der Waals surface area contributed by atoms with E-state index >= 15 is 0 Å². The van der Waals surface area contributed by atoms with E-state index in [0.29, 0.717) is 18.1 Å². The summed E-state index contributed by atoms with van der Waals surface area (Å²) in [4.78, 5) is 0. The van der Waals surface area contributed by atoms with Crippen LogP contribution in [-0.4, -0.2) is 6.88 Å². The summed E-state index contributed by atoms with van der Waals surface area (Å²) in [5, 5.41) is 0. The van der Waals surface area contributed by atoms with Crippen molar-refractivity contribution in [1.29, 1.82) is 0 Å². The van der Waals surface area contributed by atoms with Gasteiger partial charge in [0.2, 0.25) is 0 Å². The van der Waals surface area contributed by atoms with Crippen molar-refractivity contribution in [2.45, 2.75) is 121 Å². The Kier molecular flexibility index (Phi) is 12.2. The molecule has 286 valence electrons. The molecule has 0 heterocycles. The molecule has 2 unspecified atom stereocenters. The third-order valence-electron chi connectivity index (χ3n) is 14.2. The zero-order valence-electron chi connectivity index (χ0n) is 33.9. The summed E-state index contributed by atoms with van der Waals surface area (Å²) in [6.07, 6.45) is 21.2. The van der Waals surface area contributed by atoms with Crippen molar-refractivity contribution in [1.82, 2.24) is 0 Å². The van der Waals surface area contributed by atoms with Crippen molar-refractivity contribution in [3.05, 3.63) is 129 Å². The normalized spacial score (nSPS) is 20.2. The Morgan fingerprint density at radius 2 is 0.926 bits per heavy atom. The zero-order chi connectivity index (χ0) is 36.3. The third kappa shape index (κ3) is 7.58. The van der Waals surface area contributed by atoms with E-state index in [9.17, 15) is 0 Å². The Bertz CT molecular complexity index is 1980. The second-order valence-electron chi connectivity index (χ2n) is 18.8. The Labute approximate surface area is 342 Å². The average molecular weight is 855 g/mol. The number of allylic oxidation sites excluding steroid dienone is 2. The van der Waals surface area contributed by atoms with E-state index in [1.54, 1.807) is 22.3 Å². The van der Waals surface area contributed by atoms with Gasteiger partial charge in [-0.05, 0) is 0 Å². The van der Waals surface area contributed by atoms with Gasteiger partial charge < -0.3 is 0 Å². The molecule has 0 N–H and O–H groups in total. The molecule has 0 nitrogen and oxygen atoms in total. The molecule has 4 aliphatic carbocycles. The molecule has 4 aromatic rings. The van der Waals surface area contributed by atoms with E-state index in [0.717, 1.165) is 12.8 Å². The molecule has 4 aromatic carbocycles. The largest absolute Gasteiger partial charge is 0.147 e. The van der Waals surface area contributed by atoms with Crippen LogP contribution in [0.2, 0.25) is 9.26 Å². The quantitative estimate of drug-likeness (QED) is 0.111. The van der Waals surface area contributed by atoms with Crippen LogP contribution in [0.3, 0.4) is 0 Å². The fraction of sp³-hybridized carbons (Fsp3) is 0.440. The summed E-state index contributed by atoms with van der Waals surface area (Å²) in [7, 11) is 0. The van der Waals surface area contributed by atoms with Gasteiger partial charge in [-0.25, -0.2) is 0 Å². The molecule has 0 bridgehead atoms. The Balaban J connectivity index is 0.00000249. The van der Waals surface area contributed by atoms with Gasteiger partial charge >= 0.3 is 320 Å². The second-order valence-corrected chi connectivity index (χ2v) is 49.3. The molecule has 0 aromatic heterocycles. The molecule has 4 heteroatoms. The molecule has 0 radical (unpaired) electrons. The standard InChI is InChI=1S/2C24H27.2CH3.2ClH.H2Si.Zr/c2*1-3-12-24(13-14-24)17-19-15-21-6-5-7-22(23(21)16-19)20-10-8-18(4-2)9-11-20;;;;;;/h2*5-11,15-16H,3-4,12-14,17H2,1-2H3;2*1H3;2*1H;1H2;. The van der Waals surface area contributed by atoms with Crippen LogP contribution in [0, 0.1) is 10.8 Å². The molecule has 2 atom stereocenters. The van der Waals surface area contributed by atoms with Gasteiger partial charge in [-0.3, -0.25) is 0 Å². The summed E-state index contributed by atoms with van der Waals surface area (Å²) in [6.45, 7) is 11.9. The van der Waals surface area contributed by atoms with Crippen molar-refractivity contribution in [2.75, 3.05) is 0 Å². The minimum atomic E-state index is -3.83. The first kappa shape index (κ1) is 41.7. The molecule has 2 fully saturated rings. The van der Waals surface area contributed by atoms with Gasteiger partial charge in [0, 0.05) is 0 Å². The van der Waals surface area contributed by atoms with Crippen LogP contribution in [-0.2, 0) is 30.2 Å². The summed E-state index contributed by atoms with van der Waals surface area (Å²) in [5.41, 5.74) is 19.5. The van der Waals surface area contributed by atoms with Crippen molar-refractivity contribution in [3.63, 3.8) is 0 Å². The van der Waals surface area contributed by atoms with Crippen molar-refractivity contribution in [3.8, 4) is 22.3 Å². The third-order valence-corrected chi connectivity index (χ3v) is 31.7. The molecule has 8 rings (SSSR count). The fourth-order valence-electron chi connectivity index (χ4n) is 11.3. The van der Waals surface area contributed by atoms with E-state index in [1.807, 2.05) is 0 Å². The maximum atomic E-state index is 2.89. The number of hydrogen-bond acceptors (Lipinski definition) is 0. The Hall–Kier alpha value is -1.96. The smallest absolute Gasteiger partial charge is 0.147 e. The maximum Gasteiger partial charge on any atom is -0.147 e. The molecule has 0 aliphatic heterocycles. The van der Waals surface area contributed by atoms with Gasteiger partial charge in [0.05, 0.1) is 0 Å². The molecule has 0 spiro atoms. The van der Waals surface area contributed by atoms with Crippen LogP contribution in [0.4, 0.5) is 0 Å². The molecular formula is C50H64Cl2SiZr. The van der Waals surface area contributed by atoms with Crippen LogP contribution in [0.15, 0.2) is 96.1 Å². The molecule has 54 heavy (non-hydrogen) atoms. The fourth-order valence-corrected chi connectivity index (χ4v) is 31.0.